The number of piperidine rings is 1. The molecule has 0 aliphatic carbocycles. The summed E-state index contributed by atoms with van der Waals surface area (Å²) in [5.74, 6) is 0.0153. The molecule has 1 N–H and O–H groups in total. The highest BCUT2D eigenvalue weighted by molar-refractivity contribution is 5.89. The van der Waals surface area contributed by atoms with E-state index in [1.54, 1.807) is 4.90 Å². The van der Waals surface area contributed by atoms with Crippen LogP contribution in [0.25, 0.3) is 0 Å². The smallest absolute Gasteiger partial charge is 0.250 e. The summed E-state index contributed by atoms with van der Waals surface area (Å²) in [7, 11) is 0. The van der Waals surface area contributed by atoms with Crippen LogP contribution in [0.1, 0.15) is 36.4 Å². The fourth-order valence-electron chi connectivity index (χ4n) is 4.55. The molecular formula is C26H32N4O3. The number of amides is 3. The van der Waals surface area contributed by atoms with E-state index in [4.69, 9.17) is 0 Å². The molecule has 3 amide bonds. The Balaban J connectivity index is 1.33. The third-order valence-electron chi connectivity index (χ3n) is 6.40. The van der Waals surface area contributed by atoms with Gasteiger partial charge in [-0.3, -0.25) is 19.3 Å². The number of carbonyl (C=O) groups is 3. The lowest BCUT2D eigenvalue weighted by molar-refractivity contribution is -0.149. The second-order valence-corrected chi connectivity index (χ2v) is 8.72. The van der Waals surface area contributed by atoms with Crippen molar-refractivity contribution in [3.63, 3.8) is 0 Å². The largest absolute Gasteiger partial charge is 0.351 e. The average molecular weight is 449 g/mol. The van der Waals surface area contributed by atoms with Crippen LogP contribution in [-0.2, 0) is 20.9 Å². The van der Waals surface area contributed by atoms with E-state index >= 15 is 0 Å². The molecular weight excluding hydrogens is 416 g/mol. The second-order valence-electron chi connectivity index (χ2n) is 8.72. The molecule has 2 aromatic rings. The van der Waals surface area contributed by atoms with Gasteiger partial charge in [-0.25, -0.2) is 0 Å². The first kappa shape index (κ1) is 23.0. The first-order valence-corrected chi connectivity index (χ1v) is 11.8. The van der Waals surface area contributed by atoms with Crippen molar-refractivity contribution in [2.24, 2.45) is 0 Å². The van der Waals surface area contributed by atoms with E-state index < -0.39 is 6.04 Å². The van der Waals surface area contributed by atoms with Gasteiger partial charge >= 0.3 is 0 Å². The lowest BCUT2D eigenvalue weighted by atomic mass is 9.99. The summed E-state index contributed by atoms with van der Waals surface area (Å²) in [5, 5.41) is 2.96. The maximum atomic E-state index is 13.6. The summed E-state index contributed by atoms with van der Waals surface area (Å²) in [6, 6.07) is 18.9. The molecule has 2 aliphatic rings. The minimum atomic E-state index is -0.570. The van der Waals surface area contributed by atoms with Crippen LogP contribution in [0.4, 0.5) is 0 Å². The van der Waals surface area contributed by atoms with Crippen LogP contribution in [0, 0.1) is 0 Å². The highest BCUT2D eigenvalue weighted by atomic mass is 16.2. The third kappa shape index (κ3) is 5.99. The van der Waals surface area contributed by atoms with Gasteiger partial charge in [-0.15, -0.1) is 0 Å². The van der Waals surface area contributed by atoms with Crippen LogP contribution in [0.5, 0.6) is 0 Å². The van der Waals surface area contributed by atoms with Gasteiger partial charge in [0.1, 0.15) is 6.04 Å². The highest BCUT2D eigenvalue weighted by Crippen LogP contribution is 2.28. The van der Waals surface area contributed by atoms with Crippen molar-refractivity contribution in [3.05, 3.63) is 71.8 Å². The van der Waals surface area contributed by atoms with Crippen LogP contribution in [0.15, 0.2) is 60.7 Å². The van der Waals surface area contributed by atoms with Crippen LogP contribution in [0.3, 0.4) is 0 Å². The zero-order chi connectivity index (χ0) is 23.0. The van der Waals surface area contributed by atoms with Gasteiger partial charge in [-0.1, -0.05) is 60.7 Å². The standard InChI is InChI=1S/C26H32N4O3/c31-23(27-19-21-9-3-1-4-10-21)20-28-15-17-29(18-16-28)26(33)25(22-11-5-2-6-12-22)30-14-8-7-13-24(30)32/h1-6,9-12,25H,7-8,13-20H2,(H,27,31). The van der Waals surface area contributed by atoms with Crippen LogP contribution < -0.4 is 5.32 Å². The fourth-order valence-corrected chi connectivity index (χ4v) is 4.55. The number of hydrogen-bond donors (Lipinski definition) is 1. The highest BCUT2D eigenvalue weighted by Gasteiger charge is 2.36. The second kappa shape index (κ2) is 11.1. The lowest BCUT2D eigenvalue weighted by Crippen LogP contribution is -2.54. The number of carbonyl (C=O) groups excluding carboxylic acids is 3. The van der Waals surface area contributed by atoms with Crippen LogP contribution in [0.2, 0.25) is 0 Å². The van der Waals surface area contributed by atoms with Gasteiger partial charge in [-0.2, -0.15) is 0 Å². The molecule has 0 spiro atoms. The molecule has 2 saturated heterocycles. The molecule has 2 aromatic carbocycles. The Morgan fingerprint density at radius 3 is 2.18 bits per heavy atom. The molecule has 2 aliphatic heterocycles. The number of hydrogen-bond acceptors (Lipinski definition) is 4. The Morgan fingerprint density at radius 2 is 1.52 bits per heavy atom. The van der Waals surface area contributed by atoms with Gasteiger partial charge in [0.25, 0.3) is 0 Å². The first-order valence-electron chi connectivity index (χ1n) is 11.8. The van der Waals surface area contributed by atoms with Gasteiger partial charge in [-0.05, 0) is 24.0 Å². The van der Waals surface area contributed by atoms with E-state index in [9.17, 15) is 14.4 Å². The van der Waals surface area contributed by atoms with E-state index in [1.807, 2.05) is 65.6 Å². The molecule has 1 unspecified atom stereocenters. The third-order valence-corrected chi connectivity index (χ3v) is 6.40. The fraction of sp³-hybridized carbons (Fsp3) is 0.423. The molecule has 0 bridgehead atoms. The normalized spacial score (nSPS) is 18.1. The molecule has 2 fully saturated rings. The Kier molecular flexibility index (Phi) is 7.73. The Hall–Kier alpha value is -3.19. The SMILES string of the molecule is O=C(CN1CCN(C(=O)C(c2ccccc2)N2CCCCC2=O)CC1)NCc1ccccc1. The van der Waals surface area contributed by atoms with Crippen LogP contribution in [-0.4, -0.2) is 71.7 Å². The predicted molar refractivity (Wildman–Crippen MR) is 126 cm³/mol. The Labute approximate surface area is 195 Å². The molecule has 174 valence electrons. The quantitative estimate of drug-likeness (QED) is 0.705. The topological polar surface area (TPSA) is 73.0 Å². The van der Waals surface area contributed by atoms with Crippen molar-refractivity contribution in [1.82, 2.24) is 20.0 Å². The molecule has 7 nitrogen and oxygen atoms in total. The number of piperazine rings is 1. The molecule has 0 saturated carbocycles. The lowest BCUT2D eigenvalue weighted by Gasteiger charge is -2.40. The zero-order valence-corrected chi connectivity index (χ0v) is 19.0. The van der Waals surface area contributed by atoms with Crippen LogP contribution >= 0.6 is 0 Å². The number of likely N-dealkylation sites (tertiary alicyclic amines) is 1. The van der Waals surface area contributed by atoms with E-state index in [-0.39, 0.29) is 17.7 Å². The molecule has 7 heteroatoms. The monoisotopic (exact) mass is 448 g/mol. The molecule has 2 heterocycles. The van der Waals surface area contributed by atoms with Crippen molar-refractivity contribution in [2.45, 2.75) is 31.8 Å². The maximum Gasteiger partial charge on any atom is 0.250 e. The minimum absolute atomic E-state index is 0.0142. The summed E-state index contributed by atoms with van der Waals surface area (Å²) in [4.78, 5) is 44.2. The minimum Gasteiger partial charge on any atom is -0.351 e. The van der Waals surface area contributed by atoms with Crippen molar-refractivity contribution in [3.8, 4) is 0 Å². The van der Waals surface area contributed by atoms with Crippen molar-refractivity contribution in [2.75, 3.05) is 39.3 Å². The summed E-state index contributed by atoms with van der Waals surface area (Å²) >= 11 is 0. The molecule has 0 aromatic heterocycles. The Bertz CT molecular complexity index is 943. The van der Waals surface area contributed by atoms with Gasteiger partial charge < -0.3 is 15.1 Å². The van der Waals surface area contributed by atoms with E-state index in [1.165, 1.54) is 0 Å². The van der Waals surface area contributed by atoms with E-state index in [0.717, 1.165) is 24.0 Å². The molecule has 33 heavy (non-hydrogen) atoms. The molecule has 1 atom stereocenters. The first-order chi connectivity index (χ1) is 16.1. The summed E-state index contributed by atoms with van der Waals surface area (Å²) in [6.07, 6.45) is 2.31. The van der Waals surface area contributed by atoms with Crippen molar-refractivity contribution < 1.29 is 14.4 Å². The van der Waals surface area contributed by atoms with Crippen molar-refractivity contribution >= 4 is 17.7 Å². The molecule has 0 radical (unpaired) electrons. The summed E-state index contributed by atoms with van der Waals surface area (Å²) in [6.45, 7) is 3.83. The van der Waals surface area contributed by atoms with Crippen molar-refractivity contribution in [1.29, 1.82) is 0 Å². The number of nitrogens with one attached hydrogen (secondary N) is 1. The van der Waals surface area contributed by atoms with E-state index in [0.29, 0.717) is 52.2 Å². The summed E-state index contributed by atoms with van der Waals surface area (Å²) in [5.41, 5.74) is 1.93. The number of nitrogens with zero attached hydrogens (tertiary/aromatic N) is 3. The van der Waals surface area contributed by atoms with E-state index in [2.05, 4.69) is 10.2 Å². The average Bonchev–Trinajstić information content (AvgIpc) is 2.86. The number of benzene rings is 2. The Morgan fingerprint density at radius 1 is 0.848 bits per heavy atom. The van der Waals surface area contributed by atoms with Gasteiger partial charge in [0.15, 0.2) is 0 Å². The molecule has 4 rings (SSSR count). The summed E-state index contributed by atoms with van der Waals surface area (Å²) < 4.78 is 0. The van der Waals surface area contributed by atoms with Gasteiger partial charge in [0, 0.05) is 45.7 Å². The van der Waals surface area contributed by atoms with Gasteiger partial charge in [0.05, 0.1) is 6.54 Å². The van der Waals surface area contributed by atoms with Gasteiger partial charge in [0.2, 0.25) is 17.7 Å². The number of rotatable bonds is 7. The zero-order valence-electron chi connectivity index (χ0n) is 19.0. The predicted octanol–water partition coefficient (Wildman–Crippen LogP) is 2.20. The maximum absolute atomic E-state index is 13.6.